The van der Waals surface area contributed by atoms with Gasteiger partial charge in [0.2, 0.25) is 11.8 Å². The van der Waals surface area contributed by atoms with E-state index in [0.29, 0.717) is 25.8 Å². The number of allylic oxidation sites excluding steroid dienone is 3. The lowest BCUT2D eigenvalue weighted by Crippen LogP contribution is -2.55. The molecule has 2 saturated heterocycles. The van der Waals surface area contributed by atoms with E-state index in [0.717, 1.165) is 6.08 Å². The molecule has 0 saturated carbocycles. The molecule has 140 valence electrons. The summed E-state index contributed by atoms with van der Waals surface area (Å²) in [7, 11) is 1.25. The highest BCUT2D eigenvalue weighted by molar-refractivity contribution is 6.05. The number of carbonyl (C=O) groups excluding carboxylic acids is 3. The van der Waals surface area contributed by atoms with Gasteiger partial charge in [-0.3, -0.25) is 19.7 Å². The lowest BCUT2D eigenvalue weighted by molar-refractivity contribution is -0.144. The number of amides is 3. The van der Waals surface area contributed by atoms with Crippen molar-refractivity contribution in [2.75, 3.05) is 13.7 Å². The predicted molar refractivity (Wildman–Crippen MR) is 87.7 cm³/mol. The summed E-state index contributed by atoms with van der Waals surface area (Å²) in [6, 6.07) is -0.819. The Balaban J connectivity index is 2.00. The van der Waals surface area contributed by atoms with Gasteiger partial charge in [0, 0.05) is 18.5 Å². The number of methoxy groups -OCH3 is 1. The molecule has 6 nitrogen and oxygen atoms in total. The van der Waals surface area contributed by atoms with Crippen molar-refractivity contribution in [2.24, 2.45) is 0 Å². The third-order valence-electron chi connectivity index (χ3n) is 4.91. The zero-order valence-corrected chi connectivity index (χ0v) is 14.4. The summed E-state index contributed by atoms with van der Waals surface area (Å²) >= 11 is 0. The van der Waals surface area contributed by atoms with Crippen LogP contribution in [0.25, 0.3) is 0 Å². The number of nitrogens with one attached hydrogen (secondary N) is 1. The normalized spacial score (nSPS) is 25.2. The minimum absolute atomic E-state index is 0.0866. The molecule has 3 rings (SSSR count). The van der Waals surface area contributed by atoms with Gasteiger partial charge in [-0.25, -0.2) is 8.78 Å². The second-order valence-corrected chi connectivity index (χ2v) is 6.52. The van der Waals surface area contributed by atoms with Gasteiger partial charge < -0.3 is 9.64 Å². The number of imide groups is 1. The van der Waals surface area contributed by atoms with Crippen LogP contribution >= 0.6 is 0 Å². The number of carbonyl (C=O) groups is 3. The van der Waals surface area contributed by atoms with Crippen molar-refractivity contribution in [1.29, 1.82) is 0 Å². The van der Waals surface area contributed by atoms with E-state index in [1.165, 1.54) is 12.0 Å². The Bertz CT molecular complexity index is 754. The first-order valence-electron chi connectivity index (χ1n) is 8.59. The number of hydrogen-bond donors (Lipinski definition) is 1. The zero-order valence-electron chi connectivity index (χ0n) is 14.4. The van der Waals surface area contributed by atoms with Gasteiger partial charge in [-0.05, 0) is 37.3 Å². The summed E-state index contributed by atoms with van der Waals surface area (Å²) in [6.07, 6.45) is 2.47. The Kier molecular flexibility index (Phi) is 5.20. The van der Waals surface area contributed by atoms with Gasteiger partial charge in [-0.15, -0.1) is 0 Å². The standard InChI is InChI=1S/C18H20F2N2O4/c1-26-15-9-12(19)10-4-2-3-7-22(18(25)11(10)8-13(15)20)14-5-6-16(23)21-17(14)24/h8,14H,2-7,9H2,1H3,(H,21,23,24). The number of piperidine rings is 1. The first kappa shape index (κ1) is 18.3. The maximum Gasteiger partial charge on any atom is 0.255 e. The smallest absolute Gasteiger partial charge is 0.255 e. The topological polar surface area (TPSA) is 75.7 Å². The van der Waals surface area contributed by atoms with E-state index in [4.69, 9.17) is 4.74 Å². The van der Waals surface area contributed by atoms with Crippen LogP contribution in [0.15, 0.2) is 34.6 Å². The van der Waals surface area contributed by atoms with E-state index >= 15 is 0 Å². The molecule has 1 N–H and O–H groups in total. The van der Waals surface area contributed by atoms with Crippen LogP contribution in [0, 0.1) is 0 Å². The molecule has 2 heterocycles. The van der Waals surface area contributed by atoms with Gasteiger partial charge in [-0.2, -0.15) is 0 Å². The Morgan fingerprint density at radius 1 is 1.19 bits per heavy atom. The van der Waals surface area contributed by atoms with E-state index in [9.17, 15) is 23.2 Å². The molecular weight excluding hydrogens is 346 g/mol. The minimum Gasteiger partial charge on any atom is -0.498 e. The molecule has 26 heavy (non-hydrogen) atoms. The van der Waals surface area contributed by atoms with E-state index in [1.807, 2.05) is 0 Å². The molecule has 2 aliphatic heterocycles. The van der Waals surface area contributed by atoms with Crippen LogP contribution in [0.5, 0.6) is 0 Å². The Labute approximate surface area is 149 Å². The van der Waals surface area contributed by atoms with Gasteiger partial charge in [-0.1, -0.05) is 0 Å². The van der Waals surface area contributed by atoms with Crippen molar-refractivity contribution in [3.8, 4) is 0 Å². The summed E-state index contributed by atoms with van der Waals surface area (Å²) in [6.45, 7) is 0.291. The number of rotatable bonds is 2. The third-order valence-corrected chi connectivity index (χ3v) is 4.91. The average molecular weight is 366 g/mol. The molecule has 0 aromatic carbocycles. The number of nitrogens with zero attached hydrogens (tertiary/aromatic N) is 1. The third kappa shape index (κ3) is 3.40. The lowest BCUT2D eigenvalue weighted by atomic mass is 9.93. The minimum atomic E-state index is -0.819. The highest BCUT2D eigenvalue weighted by Crippen LogP contribution is 2.35. The Morgan fingerprint density at radius 3 is 2.65 bits per heavy atom. The highest BCUT2D eigenvalue weighted by atomic mass is 19.1. The first-order valence-corrected chi connectivity index (χ1v) is 8.59. The summed E-state index contributed by atoms with van der Waals surface area (Å²) in [5.74, 6) is -3.11. The molecule has 0 bridgehead atoms. The molecule has 3 amide bonds. The van der Waals surface area contributed by atoms with Crippen molar-refractivity contribution in [3.05, 3.63) is 34.6 Å². The van der Waals surface area contributed by atoms with Gasteiger partial charge in [0.15, 0.2) is 5.83 Å². The van der Waals surface area contributed by atoms with Gasteiger partial charge >= 0.3 is 0 Å². The van der Waals surface area contributed by atoms with Gasteiger partial charge in [0.25, 0.3) is 5.91 Å². The maximum atomic E-state index is 14.6. The highest BCUT2D eigenvalue weighted by Gasteiger charge is 2.37. The fraction of sp³-hybridized carbons (Fsp3) is 0.500. The van der Waals surface area contributed by atoms with Gasteiger partial charge in [0.05, 0.1) is 13.5 Å². The summed E-state index contributed by atoms with van der Waals surface area (Å²) < 4.78 is 33.9. The van der Waals surface area contributed by atoms with Crippen LogP contribution in [-0.4, -0.2) is 42.3 Å². The maximum absolute atomic E-state index is 14.6. The SMILES string of the molecule is COC1=C(F)C=C2C(=O)N(C3CCC(=O)NC3=O)CCCCC2=C(F)C1. The molecule has 0 spiro atoms. The van der Waals surface area contributed by atoms with E-state index < -0.39 is 29.5 Å². The van der Waals surface area contributed by atoms with Gasteiger partial charge in [0.1, 0.15) is 17.6 Å². The molecule has 1 atom stereocenters. The molecule has 1 unspecified atom stereocenters. The Hall–Kier alpha value is -2.51. The van der Waals surface area contributed by atoms with Crippen LogP contribution in [-0.2, 0) is 19.1 Å². The molecule has 0 aromatic heterocycles. The molecule has 0 radical (unpaired) electrons. The van der Waals surface area contributed by atoms with Crippen LogP contribution in [0.1, 0.15) is 38.5 Å². The van der Waals surface area contributed by atoms with Crippen molar-refractivity contribution >= 4 is 17.7 Å². The summed E-state index contributed by atoms with van der Waals surface area (Å²) in [5, 5.41) is 2.22. The number of ether oxygens (including phenoxy) is 1. The molecule has 3 aliphatic rings. The largest absolute Gasteiger partial charge is 0.498 e. The predicted octanol–water partition coefficient (Wildman–Crippen LogP) is 2.19. The van der Waals surface area contributed by atoms with Crippen molar-refractivity contribution < 1.29 is 27.9 Å². The molecule has 8 heteroatoms. The second kappa shape index (κ2) is 7.39. The van der Waals surface area contributed by atoms with E-state index in [1.54, 1.807) is 0 Å². The van der Waals surface area contributed by atoms with Crippen LogP contribution in [0.4, 0.5) is 8.78 Å². The number of hydrogen-bond acceptors (Lipinski definition) is 4. The first-order chi connectivity index (χ1) is 12.4. The van der Waals surface area contributed by atoms with Crippen LogP contribution in [0.2, 0.25) is 0 Å². The fourth-order valence-corrected chi connectivity index (χ4v) is 3.52. The number of likely N-dealkylation sites (tertiary alicyclic amines) is 1. The zero-order chi connectivity index (χ0) is 18.8. The number of halogens is 2. The molecule has 2 fully saturated rings. The molecule has 0 aromatic rings. The fourth-order valence-electron chi connectivity index (χ4n) is 3.52. The molecule has 1 aliphatic carbocycles. The van der Waals surface area contributed by atoms with Crippen LogP contribution in [0.3, 0.4) is 0 Å². The molecular formula is C18H20F2N2O4. The summed E-state index contributed by atoms with van der Waals surface area (Å²) in [4.78, 5) is 37.9. The van der Waals surface area contributed by atoms with Crippen molar-refractivity contribution in [3.63, 3.8) is 0 Å². The average Bonchev–Trinajstić information content (AvgIpc) is 2.71. The summed E-state index contributed by atoms with van der Waals surface area (Å²) in [5.41, 5.74) is 0.0747. The quantitative estimate of drug-likeness (QED) is 0.760. The van der Waals surface area contributed by atoms with Crippen molar-refractivity contribution in [1.82, 2.24) is 10.2 Å². The number of fused-ring (bicyclic) bond motifs is 1. The lowest BCUT2D eigenvalue weighted by Gasteiger charge is -2.35. The van der Waals surface area contributed by atoms with Crippen LogP contribution < -0.4 is 5.32 Å². The second-order valence-electron chi connectivity index (χ2n) is 6.52. The van der Waals surface area contributed by atoms with Crippen molar-refractivity contribution in [2.45, 2.75) is 44.6 Å². The monoisotopic (exact) mass is 366 g/mol. The van der Waals surface area contributed by atoms with E-state index in [-0.39, 0.29) is 42.1 Å². The van der Waals surface area contributed by atoms with E-state index in [2.05, 4.69) is 5.32 Å². The Morgan fingerprint density at radius 2 is 1.96 bits per heavy atom.